The summed E-state index contributed by atoms with van der Waals surface area (Å²) >= 11 is 0. The summed E-state index contributed by atoms with van der Waals surface area (Å²) in [6.07, 6.45) is 5.12. The summed E-state index contributed by atoms with van der Waals surface area (Å²) in [4.78, 5) is 2.71. The molecule has 3 nitrogen and oxygen atoms in total. The van der Waals surface area contributed by atoms with Crippen LogP contribution < -0.4 is 5.32 Å². The van der Waals surface area contributed by atoms with E-state index >= 15 is 0 Å². The minimum atomic E-state index is 0.706. The fourth-order valence-electron chi connectivity index (χ4n) is 3.04. The molecule has 0 aliphatic carbocycles. The van der Waals surface area contributed by atoms with E-state index in [-0.39, 0.29) is 0 Å². The minimum absolute atomic E-state index is 0.706. The molecule has 2 aliphatic rings. The van der Waals surface area contributed by atoms with Crippen LogP contribution in [0.2, 0.25) is 0 Å². The molecule has 0 aromatic carbocycles. The first kappa shape index (κ1) is 13.3. The summed E-state index contributed by atoms with van der Waals surface area (Å²) in [5, 5.41) is 3.66. The van der Waals surface area contributed by atoms with E-state index in [1.807, 2.05) is 0 Å². The van der Waals surface area contributed by atoms with E-state index in [9.17, 15) is 0 Å². The Kier molecular flexibility index (Phi) is 5.26. The molecule has 0 amide bonds. The first-order valence-electron chi connectivity index (χ1n) is 7.38. The van der Waals surface area contributed by atoms with Gasteiger partial charge in [0.05, 0.1) is 0 Å². The monoisotopic (exact) mass is 240 g/mol. The normalized spacial score (nSPS) is 35.3. The zero-order valence-corrected chi connectivity index (χ0v) is 11.5. The van der Waals surface area contributed by atoms with Gasteiger partial charge in [-0.3, -0.25) is 4.90 Å². The maximum absolute atomic E-state index is 5.46. The predicted molar refractivity (Wildman–Crippen MR) is 71.3 cm³/mol. The van der Waals surface area contributed by atoms with Crippen molar-refractivity contribution >= 4 is 0 Å². The van der Waals surface area contributed by atoms with Crippen molar-refractivity contribution < 1.29 is 4.74 Å². The van der Waals surface area contributed by atoms with Gasteiger partial charge in [-0.2, -0.15) is 0 Å². The van der Waals surface area contributed by atoms with Crippen molar-refractivity contribution in [1.29, 1.82) is 0 Å². The molecule has 0 aromatic heterocycles. The van der Waals surface area contributed by atoms with E-state index in [0.717, 1.165) is 25.2 Å². The average molecular weight is 240 g/mol. The van der Waals surface area contributed by atoms with Crippen LogP contribution in [0.1, 0.15) is 39.5 Å². The fourth-order valence-corrected chi connectivity index (χ4v) is 3.04. The van der Waals surface area contributed by atoms with Crippen molar-refractivity contribution in [1.82, 2.24) is 10.2 Å². The fraction of sp³-hybridized carbons (Fsp3) is 1.00. The van der Waals surface area contributed by atoms with E-state index in [4.69, 9.17) is 4.74 Å². The number of hydrogen-bond acceptors (Lipinski definition) is 3. The Morgan fingerprint density at radius 1 is 1.29 bits per heavy atom. The van der Waals surface area contributed by atoms with Gasteiger partial charge in [-0.05, 0) is 38.1 Å². The molecule has 2 rings (SSSR count). The van der Waals surface area contributed by atoms with Crippen LogP contribution in [0.15, 0.2) is 0 Å². The molecule has 2 aliphatic heterocycles. The maximum atomic E-state index is 5.46. The second kappa shape index (κ2) is 6.72. The lowest BCUT2D eigenvalue weighted by Gasteiger charge is -2.40. The molecule has 3 heteroatoms. The molecule has 3 atom stereocenters. The van der Waals surface area contributed by atoms with E-state index in [1.165, 1.54) is 45.3 Å². The molecular formula is C14H28N2O. The topological polar surface area (TPSA) is 24.5 Å². The lowest BCUT2D eigenvalue weighted by Crippen LogP contribution is -2.56. The van der Waals surface area contributed by atoms with Gasteiger partial charge in [0, 0.05) is 38.4 Å². The van der Waals surface area contributed by atoms with Gasteiger partial charge < -0.3 is 10.1 Å². The van der Waals surface area contributed by atoms with Gasteiger partial charge >= 0.3 is 0 Å². The number of hydrogen-bond donors (Lipinski definition) is 1. The number of rotatable bonds is 5. The van der Waals surface area contributed by atoms with E-state index < -0.39 is 0 Å². The Bertz CT molecular complexity index is 216. The molecule has 0 radical (unpaired) electrons. The second-order valence-electron chi connectivity index (χ2n) is 5.59. The Morgan fingerprint density at radius 3 is 2.82 bits per heavy atom. The molecule has 0 bridgehead atoms. The van der Waals surface area contributed by atoms with Crippen LogP contribution in [-0.2, 0) is 4.74 Å². The first-order valence-corrected chi connectivity index (χ1v) is 7.38. The highest BCUT2D eigenvalue weighted by molar-refractivity contribution is 4.85. The van der Waals surface area contributed by atoms with E-state index in [1.54, 1.807) is 0 Å². The summed E-state index contributed by atoms with van der Waals surface area (Å²) < 4.78 is 5.46. The van der Waals surface area contributed by atoms with Gasteiger partial charge in [-0.25, -0.2) is 0 Å². The minimum Gasteiger partial charge on any atom is -0.381 e. The standard InChI is InChI=1S/C14H28N2O/c1-3-13-10-16(14(4-2)9-15-13)7-5-12-6-8-17-11-12/h12-15H,3-11H2,1-2H3. The van der Waals surface area contributed by atoms with Gasteiger partial charge in [0.2, 0.25) is 0 Å². The number of piperazine rings is 1. The molecule has 2 heterocycles. The average Bonchev–Trinajstić information content (AvgIpc) is 2.89. The van der Waals surface area contributed by atoms with Crippen molar-refractivity contribution in [2.45, 2.75) is 51.6 Å². The SMILES string of the molecule is CCC1CN(CCC2CCOC2)C(CC)CN1. The van der Waals surface area contributed by atoms with Crippen LogP contribution in [0.25, 0.3) is 0 Å². The molecule has 100 valence electrons. The van der Waals surface area contributed by atoms with Crippen LogP contribution >= 0.6 is 0 Å². The molecule has 0 saturated carbocycles. The van der Waals surface area contributed by atoms with Crippen LogP contribution in [-0.4, -0.2) is 49.8 Å². The zero-order chi connectivity index (χ0) is 12.1. The summed E-state index contributed by atoms with van der Waals surface area (Å²) in [6, 6.07) is 1.46. The molecule has 0 aromatic rings. The van der Waals surface area contributed by atoms with Crippen molar-refractivity contribution in [3.05, 3.63) is 0 Å². The van der Waals surface area contributed by atoms with Crippen LogP contribution in [0.5, 0.6) is 0 Å². The lowest BCUT2D eigenvalue weighted by molar-refractivity contribution is 0.114. The zero-order valence-electron chi connectivity index (χ0n) is 11.5. The summed E-state index contributed by atoms with van der Waals surface area (Å²) in [6.45, 7) is 10.3. The molecule has 17 heavy (non-hydrogen) atoms. The van der Waals surface area contributed by atoms with E-state index in [0.29, 0.717) is 6.04 Å². The highest BCUT2D eigenvalue weighted by Gasteiger charge is 2.26. The second-order valence-corrected chi connectivity index (χ2v) is 5.59. The van der Waals surface area contributed by atoms with Gasteiger partial charge in [0.1, 0.15) is 0 Å². The van der Waals surface area contributed by atoms with Crippen molar-refractivity contribution in [2.75, 3.05) is 32.8 Å². The third-order valence-corrected chi connectivity index (χ3v) is 4.43. The Balaban J connectivity index is 1.77. The van der Waals surface area contributed by atoms with E-state index in [2.05, 4.69) is 24.1 Å². The van der Waals surface area contributed by atoms with Crippen LogP contribution in [0.4, 0.5) is 0 Å². The van der Waals surface area contributed by atoms with Gasteiger partial charge in [-0.1, -0.05) is 13.8 Å². The molecule has 1 N–H and O–H groups in total. The highest BCUT2D eigenvalue weighted by Crippen LogP contribution is 2.19. The molecule has 0 spiro atoms. The lowest BCUT2D eigenvalue weighted by atomic mass is 10.0. The predicted octanol–water partition coefficient (Wildman–Crippen LogP) is 1.88. The first-order chi connectivity index (χ1) is 8.33. The third kappa shape index (κ3) is 3.67. The Hall–Kier alpha value is -0.120. The summed E-state index contributed by atoms with van der Waals surface area (Å²) in [7, 11) is 0. The van der Waals surface area contributed by atoms with Crippen molar-refractivity contribution in [3.8, 4) is 0 Å². The van der Waals surface area contributed by atoms with Gasteiger partial charge in [-0.15, -0.1) is 0 Å². The van der Waals surface area contributed by atoms with Crippen LogP contribution in [0, 0.1) is 5.92 Å². The molecule has 2 saturated heterocycles. The summed E-state index contributed by atoms with van der Waals surface area (Å²) in [5.74, 6) is 0.822. The third-order valence-electron chi connectivity index (χ3n) is 4.43. The number of ether oxygens (including phenoxy) is 1. The van der Waals surface area contributed by atoms with Crippen molar-refractivity contribution in [3.63, 3.8) is 0 Å². The molecular weight excluding hydrogens is 212 g/mol. The largest absolute Gasteiger partial charge is 0.381 e. The Morgan fingerprint density at radius 2 is 2.18 bits per heavy atom. The Labute approximate surface area is 106 Å². The number of nitrogens with one attached hydrogen (secondary N) is 1. The number of nitrogens with zero attached hydrogens (tertiary/aromatic N) is 1. The van der Waals surface area contributed by atoms with Crippen molar-refractivity contribution in [2.24, 2.45) is 5.92 Å². The smallest absolute Gasteiger partial charge is 0.0495 e. The quantitative estimate of drug-likeness (QED) is 0.794. The summed E-state index contributed by atoms with van der Waals surface area (Å²) in [5.41, 5.74) is 0. The molecule has 2 fully saturated rings. The van der Waals surface area contributed by atoms with Gasteiger partial charge in [0.25, 0.3) is 0 Å². The molecule has 3 unspecified atom stereocenters. The highest BCUT2D eigenvalue weighted by atomic mass is 16.5. The van der Waals surface area contributed by atoms with Gasteiger partial charge in [0.15, 0.2) is 0 Å². The maximum Gasteiger partial charge on any atom is 0.0495 e. The van der Waals surface area contributed by atoms with Crippen LogP contribution in [0.3, 0.4) is 0 Å².